The van der Waals surface area contributed by atoms with E-state index >= 15 is 0 Å². The van der Waals surface area contributed by atoms with Gasteiger partial charge in [-0.05, 0) is 102 Å². The van der Waals surface area contributed by atoms with Crippen LogP contribution >= 0.6 is 34.8 Å². The molecule has 0 fully saturated rings. The molecule has 0 saturated carbocycles. The number of amides is 3. The van der Waals surface area contributed by atoms with Crippen LogP contribution in [0.1, 0.15) is 86.3 Å². The number of halogens is 3. The van der Waals surface area contributed by atoms with E-state index in [4.69, 9.17) is 49.0 Å². The van der Waals surface area contributed by atoms with E-state index in [2.05, 4.69) is 34.8 Å². The Bertz CT molecular complexity index is 1910. The third-order valence-electron chi connectivity index (χ3n) is 8.57. The zero-order valence-corrected chi connectivity index (χ0v) is 39.2. The molecule has 0 radical (unpaired) electrons. The standard InChI is InChI=1S/C31H47N3O4.C15H16Cl3N3O2/c1-22(2)18-25(33-29(36)38-31(6,7)8)20-32-27(28(35)34-30(3,4)5)19-23-14-16-26(17-15-23)37-21-24-12-10-9-11-13-24;1-2-4-20(15(22)21-5-3-19-10-21)6-7-23-14-12(17)8-11(16)9-13(14)18/h9-17,22,25,27,32H,18-21H2,1-8H3,(H,33,36)(H,34,35);3,5,8-10H,2,4,6-7H2,1H3. The van der Waals surface area contributed by atoms with Gasteiger partial charge in [0, 0.05) is 42.1 Å². The van der Waals surface area contributed by atoms with Gasteiger partial charge < -0.3 is 35.1 Å². The van der Waals surface area contributed by atoms with Crippen molar-refractivity contribution in [3.8, 4) is 11.5 Å². The van der Waals surface area contributed by atoms with Gasteiger partial charge >= 0.3 is 12.1 Å². The van der Waals surface area contributed by atoms with Crippen LogP contribution in [0.4, 0.5) is 9.59 Å². The number of alkyl carbamates (subject to hydrolysis) is 1. The average Bonchev–Trinajstić information content (AvgIpc) is 3.71. The number of nitrogens with one attached hydrogen (secondary N) is 3. The molecule has 334 valence electrons. The summed E-state index contributed by atoms with van der Waals surface area (Å²) in [5.74, 6) is 1.42. The van der Waals surface area contributed by atoms with Gasteiger partial charge in [-0.25, -0.2) is 14.6 Å². The third-order valence-corrected chi connectivity index (χ3v) is 9.35. The van der Waals surface area contributed by atoms with E-state index in [9.17, 15) is 14.4 Å². The molecule has 0 aliphatic heterocycles. The summed E-state index contributed by atoms with van der Waals surface area (Å²) in [6, 6.07) is 20.2. The van der Waals surface area contributed by atoms with Crippen molar-refractivity contribution in [2.24, 2.45) is 5.92 Å². The van der Waals surface area contributed by atoms with Crippen LogP contribution in [0, 0.1) is 5.92 Å². The number of imidazole rings is 1. The smallest absolute Gasteiger partial charge is 0.407 e. The molecule has 12 nitrogen and oxygen atoms in total. The highest BCUT2D eigenvalue weighted by molar-refractivity contribution is 6.40. The van der Waals surface area contributed by atoms with Crippen LogP contribution in [0.25, 0.3) is 0 Å². The average molecular weight is 902 g/mol. The van der Waals surface area contributed by atoms with Gasteiger partial charge in [0.25, 0.3) is 0 Å². The van der Waals surface area contributed by atoms with E-state index in [1.165, 1.54) is 10.9 Å². The Morgan fingerprint density at radius 3 is 2.08 bits per heavy atom. The Morgan fingerprint density at radius 2 is 1.52 bits per heavy atom. The quantitative estimate of drug-likeness (QED) is 0.0898. The molecule has 61 heavy (non-hydrogen) atoms. The van der Waals surface area contributed by atoms with Gasteiger partial charge in [0.1, 0.15) is 30.9 Å². The molecular formula is C46H63Cl3N6O6. The summed E-state index contributed by atoms with van der Waals surface area (Å²) < 4.78 is 18.4. The predicted octanol–water partition coefficient (Wildman–Crippen LogP) is 10.2. The fourth-order valence-corrected chi connectivity index (χ4v) is 6.89. The lowest BCUT2D eigenvalue weighted by atomic mass is 10.0. The van der Waals surface area contributed by atoms with Crippen LogP contribution in [-0.2, 0) is 22.6 Å². The number of ether oxygens (including phenoxy) is 3. The predicted molar refractivity (Wildman–Crippen MR) is 245 cm³/mol. The van der Waals surface area contributed by atoms with Gasteiger partial charge in [0.2, 0.25) is 5.91 Å². The van der Waals surface area contributed by atoms with Crippen molar-refractivity contribution in [1.82, 2.24) is 30.4 Å². The highest BCUT2D eigenvalue weighted by atomic mass is 35.5. The second-order valence-corrected chi connectivity index (χ2v) is 18.3. The van der Waals surface area contributed by atoms with Gasteiger partial charge in [0.05, 0.1) is 22.6 Å². The first-order chi connectivity index (χ1) is 28.7. The minimum atomic E-state index is -0.577. The van der Waals surface area contributed by atoms with E-state index in [1.54, 1.807) is 29.4 Å². The van der Waals surface area contributed by atoms with Crippen molar-refractivity contribution in [2.75, 3.05) is 26.2 Å². The fourth-order valence-electron chi connectivity index (χ4n) is 5.97. The van der Waals surface area contributed by atoms with E-state index in [1.807, 2.05) is 103 Å². The van der Waals surface area contributed by atoms with Crippen LogP contribution in [0.3, 0.4) is 0 Å². The first kappa shape index (κ1) is 50.9. The van der Waals surface area contributed by atoms with Gasteiger partial charge in [-0.15, -0.1) is 0 Å². The monoisotopic (exact) mass is 900 g/mol. The summed E-state index contributed by atoms with van der Waals surface area (Å²) in [7, 11) is 0. The second-order valence-electron chi connectivity index (χ2n) is 17.1. The number of benzene rings is 3. The van der Waals surface area contributed by atoms with Gasteiger partial charge in [-0.1, -0.05) is 98.0 Å². The van der Waals surface area contributed by atoms with Crippen molar-refractivity contribution >= 4 is 52.8 Å². The number of aromatic nitrogens is 2. The van der Waals surface area contributed by atoms with E-state index < -0.39 is 17.7 Å². The van der Waals surface area contributed by atoms with E-state index in [0.717, 1.165) is 29.7 Å². The Labute approximate surface area is 377 Å². The highest BCUT2D eigenvalue weighted by Crippen LogP contribution is 2.35. The number of carbonyl (C=O) groups excluding carboxylic acids is 3. The lowest BCUT2D eigenvalue weighted by Crippen LogP contribution is -2.54. The number of rotatable bonds is 18. The maximum absolute atomic E-state index is 13.2. The number of hydrogen-bond acceptors (Lipinski definition) is 8. The molecule has 4 aromatic rings. The van der Waals surface area contributed by atoms with Gasteiger partial charge in [-0.2, -0.15) is 0 Å². The minimum Gasteiger partial charge on any atom is -0.489 e. The Kier molecular flexibility index (Phi) is 20.7. The molecule has 2 unspecified atom stereocenters. The number of carbonyl (C=O) groups is 3. The summed E-state index contributed by atoms with van der Waals surface area (Å²) in [6.45, 7) is 19.9. The molecule has 4 rings (SSSR count). The van der Waals surface area contributed by atoms with Crippen molar-refractivity contribution < 1.29 is 28.6 Å². The van der Waals surface area contributed by atoms with E-state index in [-0.39, 0.29) is 30.1 Å². The van der Waals surface area contributed by atoms with Crippen molar-refractivity contribution in [2.45, 2.75) is 111 Å². The zero-order chi connectivity index (χ0) is 45.2. The van der Waals surface area contributed by atoms with Crippen LogP contribution in [0.2, 0.25) is 15.1 Å². The van der Waals surface area contributed by atoms with Gasteiger partial charge in [0.15, 0.2) is 5.75 Å². The van der Waals surface area contributed by atoms with Crippen molar-refractivity contribution in [3.63, 3.8) is 0 Å². The van der Waals surface area contributed by atoms with Crippen LogP contribution < -0.4 is 25.4 Å². The molecular weight excluding hydrogens is 839 g/mol. The number of hydrogen-bond donors (Lipinski definition) is 3. The maximum atomic E-state index is 13.2. The molecule has 3 aromatic carbocycles. The summed E-state index contributed by atoms with van der Waals surface area (Å²) in [6.07, 6.45) is 6.29. The Balaban J connectivity index is 0.000000367. The zero-order valence-electron chi connectivity index (χ0n) is 36.9. The van der Waals surface area contributed by atoms with Crippen LogP contribution in [0.5, 0.6) is 11.5 Å². The molecule has 3 N–H and O–H groups in total. The first-order valence-corrected chi connectivity index (χ1v) is 21.7. The lowest BCUT2D eigenvalue weighted by molar-refractivity contribution is -0.124. The van der Waals surface area contributed by atoms with Crippen LogP contribution in [-0.4, -0.2) is 81.9 Å². The molecule has 0 aliphatic rings. The molecule has 1 heterocycles. The first-order valence-electron chi connectivity index (χ1n) is 20.6. The molecule has 2 atom stereocenters. The fraction of sp³-hybridized carbons (Fsp3) is 0.478. The van der Waals surface area contributed by atoms with Crippen molar-refractivity contribution in [3.05, 3.63) is 112 Å². The largest absolute Gasteiger partial charge is 0.489 e. The van der Waals surface area contributed by atoms with Crippen LogP contribution in [0.15, 0.2) is 85.5 Å². The second kappa shape index (κ2) is 24.8. The summed E-state index contributed by atoms with van der Waals surface area (Å²) >= 11 is 18.0. The number of nitrogens with zero attached hydrogens (tertiary/aromatic N) is 3. The topological polar surface area (TPSA) is 136 Å². The maximum Gasteiger partial charge on any atom is 0.407 e. The van der Waals surface area contributed by atoms with E-state index in [0.29, 0.717) is 59.4 Å². The van der Waals surface area contributed by atoms with Gasteiger partial charge in [-0.3, -0.25) is 9.36 Å². The molecule has 0 bridgehead atoms. The lowest BCUT2D eigenvalue weighted by Gasteiger charge is -2.28. The van der Waals surface area contributed by atoms with Crippen molar-refractivity contribution in [1.29, 1.82) is 0 Å². The normalized spacial score (nSPS) is 12.4. The highest BCUT2D eigenvalue weighted by Gasteiger charge is 2.26. The summed E-state index contributed by atoms with van der Waals surface area (Å²) in [5.41, 5.74) is 1.18. The summed E-state index contributed by atoms with van der Waals surface area (Å²) in [5, 5.41) is 10.6. The molecule has 3 amide bonds. The molecule has 0 aliphatic carbocycles. The third kappa shape index (κ3) is 19.8. The molecule has 15 heteroatoms. The minimum absolute atomic E-state index is 0.0810. The molecule has 0 saturated heterocycles. The molecule has 1 aromatic heterocycles. The SMILES string of the molecule is CC(C)CC(CNC(Cc1ccc(OCc2ccccc2)cc1)C(=O)NC(C)(C)C)NC(=O)OC(C)(C)C.CCCN(CCOc1c(Cl)cc(Cl)cc1Cl)C(=O)n1ccnc1. The molecule has 0 spiro atoms. The Hall–Kier alpha value is -4.49. The summed E-state index contributed by atoms with van der Waals surface area (Å²) in [4.78, 5) is 43.6. The Morgan fingerprint density at radius 1 is 0.869 bits per heavy atom.